The summed E-state index contributed by atoms with van der Waals surface area (Å²) in [6.07, 6.45) is 4.53. The van der Waals surface area contributed by atoms with Crippen molar-refractivity contribution in [3.8, 4) is 0 Å². The Bertz CT molecular complexity index is 435. The minimum atomic E-state index is -0.743. The Labute approximate surface area is 107 Å². The molecule has 0 aromatic carbocycles. The van der Waals surface area contributed by atoms with Crippen molar-refractivity contribution in [2.45, 2.75) is 63.5 Å². The van der Waals surface area contributed by atoms with Crippen LogP contribution in [0.3, 0.4) is 0 Å². The lowest BCUT2D eigenvalue weighted by Crippen LogP contribution is -2.69. The van der Waals surface area contributed by atoms with Gasteiger partial charge < -0.3 is 10.4 Å². The summed E-state index contributed by atoms with van der Waals surface area (Å²) >= 11 is 0. The van der Waals surface area contributed by atoms with Crippen LogP contribution in [0.4, 0.5) is 0 Å². The third kappa shape index (κ3) is 1.62. The average Bonchev–Trinajstić information content (AvgIpc) is 2.09. The van der Waals surface area contributed by atoms with Crippen molar-refractivity contribution in [3.63, 3.8) is 0 Å². The Morgan fingerprint density at radius 2 is 1.83 bits per heavy atom. The second kappa shape index (κ2) is 3.35. The number of Topliss-reactive ketones (excluding diaryl/α,β-unsaturated/α-hetero) is 1. The second-order valence-electron chi connectivity index (χ2n) is 7.03. The first-order valence-corrected chi connectivity index (χ1v) is 6.79. The van der Waals surface area contributed by atoms with Gasteiger partial charge in [0.2, 0.25) is 5.91 Å². The van der Waals surface area contributed by atoms with Crippen molar-refractivity contribution < 1.29 is 14.7 Å². The first-order valence-electron chi connectivity index (χ1n) is 6.79. The summed E-state index contributed by atoms with van der Waals surface area (Å²) in [4.78, 5) is 23.5. The highest BCUT2D eigenvalue weighted by Crippen LogP contribution is 2.63. The number of aliphatic hydroxyl groups is 1. The molecule has 18 heavy (non-hydrogen) atoms. The number of amides is 1. The Balaban J connectivity index is 2.00. The molecule has 4 aliphatic rings. The molecule has 0 saturated heterocycles. The van der Waals surface area contributed by atoms with Gasteiger partial charge in [0.25, 0.3) is 0 Å². The molecular formula is C14H21NO3. The number of hydrogen-bond donors (Lipinski definition) is 2. The topological polar surface area (TPSA) is 66.4 Å². The zero-order valence-electron chi connectivity index (χ0n) is 11.1. The molecule has 1 amide bonds. The molecule has 4 rings (SSSR count). The van der Waals surface area contributed by atoms with Crippen LogP contribution in [0.15, 0.2) is 0 Å². The van der Waals surface area contributed by atoms with E-state index < -0.39 is 11.0 Å². The highest BCUT2D eigenvalue weighted by Gasteiger charge is 2.64. The minimum Gasteiger partial charge on any atom is -0.390 e. The van der Waals surface area contributed by atoms with Crippen molar-refractivity contribution in [1.82, 2.24) is 5.32 Å². The van der Waals surface area contributed by atoms with E-state index in [1.807, 2.05) is 0 Å². The van der Waals surface area contributed by atoms with E-state index in [2.05, 4.69) is 5.32 Å². The van der Waals surface area contributed by atoms with Gasteiger partial charge in [0.1, 0.15) is 5.78 Å². The molecule has 4 bridgehead atoms. The lowest BCUT2D eigenvalue weighted by molar-refractivity contribution is -0.186. The first-order chi connectivity index (χ1) is 8.27. The molecule has 0 aromatic rings. The number of hydrogen-bond acceptors (Lipinski definition) is 3. The van der Waals surface area contributed by atoms with Crippen molar-refractivity contribution in [2.24, 2.45) is 11.3 Å². The number of carbonyl (C=O) groups is 2. The maximum Gasteiger partial charge on any atom is 0.217 e. The maximum atomic E-state index is 12.0. The Hall–Kier alpha value is -0.900. The Kier molecular flexibility index (Phi) is 2.26. The summed E-state index contributed by atoms with van der Waals surface area (Å²) in [5.74, 6) is 0.501. The van der Waals surface area contributed by atoms with Crippen molar-refractivity contribution >= 4 is 11.7 Å². The fourth-order valence-corrected chi connectivity index (χ4v) is 5.29. The van der Waals surface area contributed by atoms with Gasteiger partial charge in [-0.1, -0.05) is 0 Å². The smallest absolute Gasteiger partial charge is 0.217 e. The van der Waals surface area contributed by atoms with Crippen molar-refractivity contribution in [3.05, 3.63) is 0 Å². The van der Waals surface area contributed by atoms with Gasteiger partial charge in [0.15, 0.2) is 0 Å². The van der Waals surface area contributed by atoms with Gasteiger partial charge in [0, 0.05) is 17.9 Å². The molecule has 4 aliphatic carbocycles. The van der Waals surface area contributed by atoms with Crippen LogP contribution in [0.1, 0.15) is 52.4 Å². The number of rotatable bonds is 2. The van der Waals surface area contributed by atoms with E-state index in [4.69, 9.17) is 0 Å². The Morgan fingerprint density at radius 3 is 2.39 bits per heavy atom. The van der Waals surface area contributed by atoms with Gasteiger partial charge in [0.05, 0.1) is 5.60 Å². The maximum absolute atomic E-state index is 12.0. The number of ketones is 1. The highest BCUT2D eigenvalue weighted by atomic mass is 16.3. The SMILES string of the molecule is CC(=O)NC12CC3CC(O)(C1)CC(C(C)=O)(C3)C2. The molecule has 0 aliphatic heterocycles. The van der Waals surface area contributed by atoms with Crippen LogP contribution >= 0.6 is 0 Å². The normalized spacial score (nSPS) is 49.2. The number of carbonyl (C=O) groups excluding carboxylic acids is 2. The summed E-state index contributed by atoms with van der Waals surface area (Å²) in [5, 5.41) is 13.7. The van der Waals surface area contributed by atoms with Gasteiger partial charge in [-0.2, -0.15) is 0 Å². The summed E-state index contributed by atoms with van der Waals surface area (Å²) in [6, 6.07) is 0. The predicted molar refractivity (Wildman–Crippen MR) is 65.8 cm³/mol. The van der Waals surface area contributed by atoms with E-state index in [-0.39, 0.29) is 17.2 Å². The van der Waals surface area contributed by atoms with E-state index in [1.54, 1.807) is 6.92 Å². The molecule has 2 N–H and O–H groups in total. The monoisotopic (exact) mass is 251 g/mol. The zero-order chi connectivity index (χ0) is 13.2. The van der Waals surface area contributed by atoms with Crippen LogP contribution in [0.5, 0.6) is 0 Å². The van der Waals surface area contributed by atoms with Crippen LogP contribution in [0.2, 0.25) is 0 Å². The summed E-state index contributed by atoms with van der Waals surface area (Å²) in [5.41, 5.74) is -1.48. The lowest BCUT2D eigenvalue weighted by Gasteiger charge is -2.64. The van der Waals surface area contributed by atoms with Gasteiger partial charge in [-0.15, -0.1) is 0 Å². The first kappa shape index (κ1) is 12.2. The van der Waals surface area contributed by atoms with Crippen molar-refractivity contribution in [1.29, 1.82) is 0 Å². The van der Waals surface area contributed by atoms with Crippen LogP contribution < -0.4 is 5.32 Å². The third-order valence-corrected chi connectivity index (χ3v) is 5.23. The van der Waals surface area contributed by atoms with Gasteiger partial charge >= 0.3 is 0 Å². The molecule has 4 atom stereocenters. The average molecular weight is 251 g/mol. The molecule has 0 heterocycles. The largest absolute Gasteiger partial charge is 0.390 e. The zero-order valence-corrected chi connectivity index (χ0v) is 11.1. The molecule has 0 spiro atoms. The quantitative estimate of drug-likeness (QED) is 0.774. The van der Waals surface area contributed by atoms with E-state index in [0.29, 0.717) is 25.2 Å². The van der Waals surface area contributed by atoms with E-state index in [9.17, 15) is 14.7 Å². The van der Waals surface area contributed by atoms with Gasteiger partial charge in [-0.3, -0.25) is 9.59 Å². The minimum absolute atomic E-state index is 0.0562. The molecule has 4 unspecified atom stereocenters. The molecule has 4 fully saturated rings. The van der Waals surface area contributed by atoms with E-state index >= 15 is 0 Å². The summed E-state index contributed by atoms with van der Waals surface area (Å²) < 4.78 is 0. The van der Waals surface area contributed by atoms with Gasteiger partial charge in [-0.25, -0.2) is 0 Å². The molecule has 4 saturated carbocycles. The highest BCUT2D eigenvalue weighted by molar-refractivity contribution is 5.83. The van der Waals surface area contributed by atoms with E-state index in [1.165, 1.54) is 6.92 Å². The van der Waals surface area contributed by atoms with Crippen LogP contribution in [-0.4, -0.2) is 27.9 Å². The molecule has 0 radical (unpaired) electrons. The molecular weight excluding hydrogens is 230 g/mol. The standard InChI is InChI=1S/C14H21NO3/c1-9(16)12-3-11-4-13(6-12,15-10(2)17)8-14(18,5-11)7-12/h11,18H,3-8H2,1-2H3,(H,15,17). The van der Waals surface area contributed by atoms with Crippen LogP contribution in [-0.2, 0) is 9.59 Å². The van der Waals surface area contributed by atoms with E-state index in [0.717, 1.165) is 19.3 Å². The van der Waals surface area contributed by atoms with Crippen LogP contribution in [0, 0.1) is 11.3 Å². The number of nitrogens with one attached hydrogen (secondary N) is 1. The predicted octanol–water partition coefficient (Wildman–Crippen LogP) is 1.17. The molecule has 0 aromatic heterocycles. The second-order valence-corrected chi connectivity index (χ2v) is 7.03. The molecule has 100 valence electrons. The molecule has 4 heteroatoms. The fraction of sp³-hybridized carbons (Fsp3) is 0.857. The molecule has 4 nitrogen and oxygen atoms in total. The van der Waals surface area contributed by atoms with Crippen LogP contribution in [0.25, 0.3) is 0 Å². The van der Waals surface area contributed by atoms with Crippen molar-refractivity contribution in [2.75, 3.05) is 0 Å². The Morgan fingerprint density at radius 1 is 1.11 bits per heavy atom. The summed E-state index contributed by atoms with van der Waals surface area (Å²) in [7, 11) is 0. The summed E-state index contributed by atoms with van der Waals surface area (Å²) in [6.45, 7) is 3.15. The lowest BCUT2D eigenvalue weighted by atomic mass is 9.44. The third-order valence-electron chi connectivity index (χ3n) is 5.23. The van der Waals surface area contributed by atoms with Gasteiger partial charge in [-0.05, 0) is 51.4 Å². The fourth-order valence-electron chi connectivity index (χ4n) is 5.29.